The summed E-state index contributed by atoms with van der Waals surface area (Å²) < 4.78 is 0. The standard InChI is InChI=1S/C23H30N2O/c1-5-6-14-22(26)25-18(4)15-21(19-12-9-11-17(3)23(19)25)24-20-13-8-7-10-16(20)2/h7-13,18,21,24H,5-6,14-15H2,1-4H3/t18-,21-/m1/s1. The van der Waals surface area contributed by atoms with Gasteiger partial charge in [0.15, 0.2) is 0 Å². The van der Waals surface area contributed by atoms with Gasteiger partial charge in [0.05, 0.1) is 11.7 Å². The molecule has 0 saturated heterocycles. The number of nitrogens with one attached hydrogen (secondary N) is 1. The Bertz CT molecular complexity index is 784. The number of benzene rings is 2. The van der Waals surface area contributed by atoms with E-state index in [2.05, 4.69) is 80.4 Å². The molecule has 0 aromatic heterocycles. The lowest BCUT2D eigenvalue weighted by atomic mass is 9.89. The van der Waals surface area contributed by atoms with Gasteiger partial charge in [-0.25, -0.2) is 0 Å². The summed E-state index contributed by atoms with van der Waals surface area (Å²) in [5.74, 6) is 0.254. The second-order valence-electron chi connectivity index (χ2n) is 7.48. The lowest BCUT2D eigenvalue weighted by Gasteiger charge is -2.41. The van der Waals surface area contributed by atoms with Crippen molar-refractivity contribution >= 4 is 17.3 Å². The molecule has 0 fully saturated rings. The van der Waals surface area contributed by atoms with E-state index in [1.165, 1.54) is 22.4 Å². The molecule has 26 heavy (non-hydrogen) atoms. The van der Waals surface area contributed by atoms with Crippen LogP contribution in [-0.2, 0) is 4.79 Å². The first-order chi connectivity index (χ1) is 12.5. The van der Waals surface area contributed by atoms with E-state index in [0.717, 1.165) is 24.9 Å². The maximum absolute atomic E-state index is 12.9. The molecule has 0 aliphatic carbocycles. The summed E-state index contributed by atoms with van der Waals surface area (Å²) in [5.41, 5.74) is 5.93. The van der Waals surface area contributed by atoms with E-state index in [4.69, 9.17) is 0 Å². The summed E-state index contributed by atoms with van der Waals surface area (Å²) in [7, 11) is 0. The topological polar surface area (TPSA) is 32.3 Å². The molecule has 3 rings (SSSR count). The smallest absolute Gasteiger partial charge is 0.227 e. The number of fused-ring (bicyclic) bond motifs is 1. The zero-order chi connectivity index (χ0) is 18.7. The molecule has 1 aliphatic heterocycles. The highest BCUT2D eigenvalue weighted by Crippen LogP contribution is 2.41. The van der Waals surface area contributed by atoms with E-state index >= 15 is 0 Å². The summed E-state index contributed by atoms with van der Waals surface area (Å²) in [4.78, 5) is 15.0. The Hall–Kier alpha value is -2.29. The summed E-state index contributed by atoms with van der Waals surface area (Å²) in [6.07, 6.45) is 3.55. The van der Waals surface area contributed by atoms with Crippen molar-refractivity contribution in [1.82, 2.24) is 0 Å². The van der Waals surface area contributed by atoms with Crippen LogP contribution < -0.4 is 10.2 Å². The number of aryl methyl sites for hydroxylation is 2. The van der Waals surface area contributed by atoms with E-state index in [0.29, 0.717) is 6.42 Å². The molecule has 3 heteroatoms. The Balaban J connectivity index is 1.97. The number of amides is 1. The van der Waals surface area contributed by atoms with Crippen molar-refractivity contribution in [3.63, 3.8) is 0 Å². The third-order valence-corrected chi connectivity index (χ3v) is 5.39. The molecule has 0 bridgehead atoms. The Morgan fingerprint density at radius 3 is 2.58 bits per heavy atom. The molecule has 0 spiro atoms. The molecular formula is C23H30N2O. The van der Waals surface area contributed by atoms with E-state index in [-0.39, 0.29) is 18.0 Å². The second-order valence-corrected chi connectivity index (χ2v) is 7.48. The summed E-state index contributed by atoms with van der Waals surface area (Å²) >= 11 is 0. The molecule has 0 unspecified atom stereocenters. The Morgan fingerprint density at radius 2 is 1.85 bits per heavy atom. The van der Waals surface area contributed by atoms with E-state index < -0.39 is 0 Å². The van der Waals surface area contributed by atoms with Crippen molar-refractivity contribution < 1.29 is 4.79 Å². The van der Waals surface area contributed by atoms with Gasteiger partial charge in [0.2, 0.25) is 5.91 Å². The molecule has 1 amide bonds. The normalized spacial score (nSPS) is 19.2. The zero-order valence-corrected chi connectivity index (χ0v) is 16.4. The predicted molar refractivity (Wildman–Crippen MR) is 110 cm³/mol. The molecule has 1 heterocycles. The van der Waals surface area contributed by atoms with Crippen molar-refractivity contribution in [1.29, 1.82) is 0 Å². The summed E-state index contributed by atoms with van der Waals surface area (Å²) in [5, 5.41) is 3.73. The number of hydrogen-bond acceptors (Lipinski definition) is 2. The maximum atomic E-state index is 12.9. The number of rotatable bonds is 5. The van der Waals surface area contributed by atoms with Crippen molar-refractivity contribution in [3.8, 4) is 0 Å². The van der Waals surface area contributed by atoms with Gasteiger partial charge in [-0.05, 0) is 56.4 Å². The summed E-state index contributed by atoms with van der Waals surface area (Å²) in [6, 6.07) is 15.2. The van der Waals surface area contributed by atoms with E-state index in [9.17, 15) is 4.79 Å². The van der Waals surface area contributed by atoms with Crippen LogP contribution in [0.1, 0.15) is 62.3 Å². The average Bonchev–Trinajstić information content (AvgIpc) is 2.62. The van der Waals surface area contributed by atoms with E-state index in [1.807, 2.05) is 0 Å². The fourth-order valence-electron chi connectivity index (χ4n) is 3.96. The number of para-hydroxylation sites is 2. The van der Waals surface area contributed by atoms with Gasteiger partial charge in [-0.2, -0.15) is 0 Å². The Morgan fingerprint density at radius 1 is 1.12 bits per heavy atom. The van der Waals surface area contributed by atoms with Crippen LogP contribution in [0.3, 0.4) is 0 Å². The van der Waals surface area contributed by atoms with Gasteiger partial charge < -0.3 is 10.2 Å². The quantitative estimate of drug-likeness (QED) is 0.742. The molecule has 2 aromatic rings. The number of unbranched alkanes of at least 4 members (excludes halogenated alkanes) is 1. The minimum absolute atomic E-state index is 0.189. The number of carbonyl (C=O) groups excluding carboxylic acids is 1. The first-order valence-electron chi connectivity index (χ1n) is 9.76. The molecule has 1 N–H and O–H groups in total. The Kier molecular flexibility index (Phi) is 5.65. The van der Waals surface area contributed by atoms with Crippen LogP contribution in [0.15, 0.2) is 42.5 Å². The first-order valence-corrected chi connectivity index (χ1v) is 9.76. The SMILES string of the molecule is CCCCC(=O)N1c2c(C)cccc2[C@H](Nc2ccccc2C)C[C@H]1C. The fraction of sp³-hybridized carbons (Fsp3) is 0.435. The van der Waals surface area contributed by atoms with Crippen molar-refractivity contribution in [2.45, 2.75) is 65.5 Å². The molecule has 0 radical (unpaired) electrons. The monoisotopic (exact) mass is 350 g/mol. The van der Waals surface area contributed by atoms with Gasteiger partial charge in [0.1, 0.15) is 0 Å². The minimum Gasteiger partial charge on any atom is -0.378 e. The molecular weight excluding hydrogens is 320 g/mol. The molecule has 1 aliphatic rings. The fourth-order valence-corrected chi connectivity index (χ4v) is 3.96. The van der Waals surface area contributed by atoms with Gasteiger partial charge in [-0.1, -0.05) is 49.7 Å². The number of carbonyl (C=O) groups is 1. The predicted octanol–water partition coefficient (Wildman–Crippen LogP) is 5.77. The molecule has 138 valence electrons. The third-order valence-electron chi connectivity index (χ3n) is 5.39. The highest BCUT2D eigenvalue weighted by molar-refractivity contribution is 5.96. The van der Waals surface area contributed by atoms with Crippen LogP contribution in [0.4, 0.5) is 11.4 Å². The Labute approximate surface area is 157 Å². The minimum atomic E-state index is 0.189. The van der Waals surface area contributed by atoms with Gasteiger partial charge in [0, 0.05) is 18.2 Å². The summed E-state index contributed by atoms with van der Waals surface area (Å²) in [6.45, 7) is 8.55. The van der Waals surface area contributed by atoms with Crippen molar-refractivity contribution in [2.24, 2.45) is 0 Å². The molecule has 0 saturated carbocycles. The van der Waals surface area contributed by atoms with Gasteiger partial charge in [-0.15, -0.1) is 0 Å². The van der Waals surface area contributed by atoms with Crippen LogP contribution in [0.25, 0.3) is 0 Å². The average molecular weight is 351 g/mol. The number of anilines is 2. The van der Waals surface area contributed by atoms with Gasteiger partial charge in [0.25, 0.3) is 0 Å². The molecule has 3 nitrogen and oxygen atoms in total. The van der Waals surface area contributed by atoms with Gasteiger partial charge in [-0.3, -0.25) is 4.79 Å². The number of nitrogens with zero attached hydrogens (tertiary/aromatic N) is 1. The highest BCUT2D eigenvalue weighted by Gasteiger charge is 2.34. The van der Waals surface area contributed by atoms with Crippen molar-refractivity contribution in [3.05, 3.63) is 59.2 Å². The highest BCUT2D eigenvalue weighted by atomic mass is 16.2. The van der Waals surface area contributed by atoms with E-state index in [1.54, 1.807) is 0 Å². The molecule has 2 aromatic carbocycles. The zero-order valence-electron chi connectivity index (χ0n) is 16.4. The lowest BCUT2D eigenvalue weighted by Crippen LogP contribution is -2.44. The van der Waals surface area contributed by atoms with Crippen LogP contribution >= 0.6 is 0 Å². The largest absolute Gasteiger partial charge is 0.378 e. The molecule has 2 atom stereocenters. The second kappa shape index (κ2) is 7.94. The van der Waals surface area contributed by atoms with Crippen LogP contribution in [-0.4, -0.2) is 11.9 Å². The van der Waals surface area contributed by atoms with Gasteiger partial charge >= 0.3 is 0 Å². The van der Waals surface area contributed by atoms with Crippen LogP contribution in [0.2, 0.25) is 0 Å². The maximum Gasteiger partial charge on any atom is 0.227 e. The first kappa shape index (κ1) is 18.5. The third kappa shape index (κ3) is 3.62. The number of hydrogen-bond donors (Lipinski definition) is 1. The van der Waals surface area contributed by atoms with Crippen LogP contribution in [0.5, 0.6) is 0 Å². The lowest BCUT2D eigenvalue weighted by molar-refractivity contribution is -0.119. The van der Waals surface area contributed by atoms with Crippen molar-refractivity contribution in [2.75, 3.05) is 10.2 Å². The van der Waals surface area contributed by atoms with Crippen LogP contribution in [0, 0.1) is 13.8 Å².